The number of carbonyl (C=O) groups is 1. The van der Waals surface area contributed by atoms with Crippen molar-refractivity contribution in [3.05, 3.63) is 23.4 Å². The summed E-state index contributed by atoms with van der Waals surface area (Å²) in [5.74, 6) is 6.95. The molecule has 0 saturated heterocycles. The normalized spacial score (nSPS) is 12.0. The Morgan fingerprint density at radius 2 is 2.19 bits per heavy atom. The van der Waals surface area contributed by atoms with E-state index in [4.69, 9.17) is 5.84 Å². The van der Waals surface area contributed by atoms with E-state index in [0.717, 1.165) is 30.7 Å². The van der Waals surface area contributed by atoms with Gasteiger partial charge in [0.1, 0.15) is 5.82 Å². The quantitative estimate of drug-likeness (QED) is 0.570. The van der Waals surface area contributed by atoms with E-state index in [1.165, 1.54) is 0 Å². The summed E-state index contributed by atoms with van der Waals surface area (Å²) in [4.78, 5) is 18.9. The maximum atomic E-state index is 12.7. The zero-order valence-corrected chi connectivity index (χ0v) is 14.2. The Morgan fingerprint density at radius 1 is 1.48 bits per heavy atom. The summed E-state index contributed by atoms with van der Waals surface area (Å²) >= 11 is 1.76. The summed E-state index contributed by atoms with van der Waals surface area (Å²) < 4.78 is 0. The molecule has 3 N–H and O–H groups in total. The molecule has 21 heavy (non-hydrogen) atoms. The Kier molecular flexibility index (Phi) is 7.53. The van der Waals surface area contributed by atoms with Gasteiger partial charge in [-0.1, -0.05) is 20.3 Å². The number of carbonyl (C=O) groups excluding carboxylic acids is 1. The highest BCUT2D eigenvalue weighted by atomic mass is 32.2. The first-order chi connectivity index (χ1) is 10.1. The molecule has 1 amide bonds. The van der Waals surface area contributed by atoms with Crippen LogP contribution in [0.3, 0.4) is 0 Å². The highest BCUT2D eigenvalue weighted by molar-refractivity contribution is 7.98. The molecule has 1 aromatic rings. The number of hydrazine groups is 1. The van der Waals surface area contributed by atoms with E-state index < -0.39 is 0 Å². The summed E-state index contributed by atoms with van der Waals surface area (Å²) in [6.45, 7) is 4.19. The summed E-state index contributed by atoms with van der Waals surface area (Å²) in [7, 11) is 1.86. The first-order valence-corrected chi connectivity index (χ1v) is 8.70. The summed E-state index contributed by atoms with van der Waals surface area (Å²) in [6.07, 6.45) is 4.82. The summed E-state index contributed by atoms with van der Waals surface area (Å²) in [6, 6.07) is 3.82. The van der Waals surface area contributed by atoms with Crippen LogP contribution in [-0.2, 0) is 6.42 Å². The molecule has 0 fully saturated rings. The van der Waals surface area contributed by atoms with Crippen molar-refractivity contribution < 1.29 is 4.79 Å². The van der Waals surface area contributed by atoms with Crippen molar-refractivity contribution in [1.82, 2.24) is 9.88 Å². The third-order valence-electron chi connectivity index (χ3n) is 3.48. The topological polar surface area (TPSA) is 71.2 Å². The minimum atomic E-state index is 0.0205. The molecule has 0 aliphatic rings. The number of nitrogens with one attached hydrogen (secondary N) is 1. The van der Waals surface area contributed by atoms with E-state index in [9.17, 15) is 4.79 Å². The lowest BCUT2D eigenvalue weighted by molar-refractivity contribution is 0.0743. The number of hydrogen-bond acceptors (Lipinski definition) is 5. The van der Waals surface area contributed by atoms with E-state index in [2.05, 4.69) is 30.5 Å². The molecule has 1 heterocycles. The fourth-order valence-corrected chi connectivity index (χ4v) is 3.08. The molecule has 0 bridgehead atoms. The molecule has 0 aliphatic heterocycles. The standard InChI is InChI=1S/C15H26N4OS/c1-5-7-12-8-11(9-14(17-12)18-16)15(20)19(3)13(6-2)10-21-4/h8-9,13H,5-7,10,16H2,1-4H3,(H,17,18). The molecule has 0 aliphatic carbocycles. The van der Waals surface area contributed by atoms with Gasteiger partial charge in [0, 0.05) is 30.1 Å². The molecule has 6 heteroatoms. The number of aryl methyl sites for hydroxylation is 1. The number of nitrogens with zero attached hydrogens (tertiary/aromatic N) is 2. The van der Waals surface area contributed by atoms with Crippen LogP contribution in [0.4, 0.5) is 5.82 Å². The highest BCUT2D eigenvalue weighted by Crippen LogP contribution is 2.16. The molecule has 0 aromatic carbocycles. The molecular weight excluding hydrogens is 284 g/mol. The zero-order chi connectivity index (χ0) is 15.8. The number of nitrogen functional groups attached to an aromatic ring is 1. The van der Waals surface area contributed by atoms with Gasteiger partial charge in [0.2, 0.25) is 0 Å². The second kappa shape index (κ2) is 8.89. The lowest BCUT2D eigenvalue weighted by Crippen LogP contribution is -2.38. The van der Waals surface area contributed by atoms with Crippen LogP contribution in [0.1, 0.15) is 42.7 Å². The van der Waals surface area contributed by atoms with Gasteiger partial charge in [-0.15, -0.1) is 0 Å². The molecular formula is C15H26N4OS. The third-order valence-corrected chi connectivity index (χ3v) is 4.20. The monoisotopic (exact) mass is 310 g/mol. The summed E-state index contributed by atoms with van der Waals surface area (Å²) in [5.41, 5.74) is 4.08. The molecule has 1 atom stereocenters. The molecule has 5 nitrogen and oxygen atoms in total. The van der Waals surface area contributed by atoms with Crippen LogP contribution in [-0.4, -0.2) is 40.9 Å². The van der Waals surface area contributed by atoms with Gasteiger partial charge in [-0.3, -0.25) is 4.79 Å². The number of anilines is 1. The number of aromatic nitrogens is 1. The first-order valence-electron chi connectivity index (χ1n) is 7.30. The lowest BCUT2D eigenvalue weighted by atomic mass is 10.1. The van der Waals surface area contributed by atoms with Crippen molar-refractivity contribution in [2.45, 2.75) is 39.2 Å². The van der Waals surface area contributed by atoms with Crippen LogP contribution >= 0.6 is 11.8 Å². The molecule has 118 valence electrons. The molecule has 0 radical (unpaired) electrons. The molecule has 1 rings (SSSR count). The SMILES string of the molecule is CCCc1cc(C(=O)N(C)C(CC)CSC)cc(NN)n1. The van der Waals surface area contributed by atoms with Gasteiger partial charge in [-0.25, -0.2) is 10.8 Å². The summed E-state index contributed by atoms with van der Waals surface area (Å²) in [5, 5.41) is 0. The van der Waals surface area contributed by atoms with Gasteiger partial charge in [0.25, 0.3) is 5.91 Å². The minimum Gasteiger partial charge on any atom is -0.338 e. The Balaban J connectivity index is 3.01. The maximum absolute atomic E-state index is 12.7. The van der Waals surface area contributed by atoms with Gasteiger partial charge in [0.15, 0.2) is 0 Å². The Bertz CT molecular complexity index is 467. The number of rotatable bonds is 8. The average molecular weight is 310 g/mol. The van der Waals surface area contributed by atoms with E-state index >= 15 is 0 Å². The van der Waals surface area contributed by atoms with Gasteiger partial charge < -0.3 is 10.3 Å². The van der Waals surface area contributed by atoms with Crippen LogP contribution in [0.25, 0.3) is 0 Å². The van der Waals surface area contributed by atoms with Crippen molar-refractivity contribution in [1.29, 1.82) is 0 Å². The molecule has 1 aromatic heterocycles. The smallest absolute Gasteiger partial charge is 0.254 e. The van der Waals surface area contributed by atoms with Crippen LogP contribution in [0.2, 0.25) is 0 Å². The molecule has 0 saturated carbocycles. The van der Waals surface area contributed by atoms with Gasteiger partial charge in [-0.05, 0) is 31.2 Å². The molecule has 1 unspecified atom stereocenters. The second-order valence-electron chi connectivity index (χ2n) is 5.06. The Hall–Kier alpha value is -1.27. The van der Waals surface area contributed by atoms with E-state index in [1.807, 2.05) is 18.0 Å². The Morgan fingerprint density at radius 3 is 2.71 bits per heavy atom. The van der Waals surface area contributed by atoms with E-state index in [1.54, 1.807) is 17.8 Å². The van der Waals surface area contributed by atoms with Crippen LogP contribution in [0.15, 0.2) is 12.1 Å². The van der Waals surface area contributed by atoms with E-state index in [-0.39, 0.29) is 11.9 Å². The van der Waals surface area contributed by atoms with E-state index in [0.29, 0.717) is 11.4 Å². The van der Waals surface area contributed by atoms with Crippen molar-refractivity contribution in [3.63, 3.8) is 0 Å². The fraction of sp³-hybridized carbons (Fsp3) is 0.600. The Labute approximate surface area is 131 Å². The van der Waals surface area contributed by atoms with Crippen LogP contribution < -0.4 is 11.3 Å². The van der Waals surface area contributed by atoms with Gasteiger partial charge >= 0.3 is 0 Å². The number of amides is 1. The highest BCUT2D eigenvalue weighted by Gasteiger charge is 2.20. The van der Waals surface area contributed by atoms with Crippen molar-refractivity contribution in [3.8, 4) is 0 Å². The largest absolute Gasteiger partial charge is 0.338 e. The number of hydrogen-bond donors (Lipinski definition) is 2. The molecule has 0 spiro atoms. The average Bonchev–Trinajstić information content (AvgIpc) is 2.51. The number of nitrogens with two attached hydrogens (primary N) is 1. The van der Waals surface area contributed by atoms with Crippen molar-refractivity contribution >= 4 is 23.5 Å². The predicted molar refractivity (Wildman–Crippen MR) is 90.6 cm³/mol. The predicted octanol–water partition coefficient (Wildman–Crippen LogP) is 2.53. The van der Waals surface area contributed by atoms with Gasteiger partial charge in [-0.2, -0.15) is 11.8 Å². The first kappa shape index (κ1) is 17.8. The van der Waals surface area contributed by atoms with Crippen molar-refractivity contribution in [2.24, 2.45) is 5.84 Å². The maximum Gasteiger partial charge on any atom is 0.254 e. The number of thioether (sulfide) groups is 1. The minimum absolute atomic E-state index is 0.0205. The lowest BCUT2D eigenvalue weighted by Gasteiger charge is -2.27. The second-order valence-corrected chi connectivity index (χ2v) is 5.97. The number of pyridine rings is 1. The fourth-order valence-electron chi connectivity index (χ4n) is 2.23. The van der Waals surface area contributed by atoms with Crippen molar-refractivity contribution in [2.75, 3.05) is 24.5 Å². The zero-order valence-electron chi connectivity index (χ0n) is 13.3. The van der Waals surface area contributed by atoms with Crippen LogP contribution in [0, 0.1) is 0 Å². The van der Waals surface area contributed by atoms with Crippen LogP contribution in [0.5, 0.6) is 0 Å². The van der Waals surface area contributed by atoms with Gasteiger partial charge in [0.05, 0.1) is 0 Å². The third kappa shape index (κ3) is 4.89.